The van der Waals surface area contributed by atoms with E-state index in [9.17, 15) is 32.8 Å². The Bertz CT molecular complexity index is 1150. The molecule has 5 nitrogen and oxygen atoms in total. The molecule has 0 heterocycles. The molecule has 0 spiro atoms. The molecular weight excluding hydrogens is 553 g/mol. The first-order chi connectivity index (χ1) is 19.4. The van der Waals surface area contributed by atoms with Gasteiger partial charge < -0.3 is 10.1 Å². The SMILES string of the molecule is CC(=O)C[C@@H]1[C@@]2(C)CC(C#N)C(=O)C(C)(C)[C@@H]2CC[C@@]1(C)C(C)(C)CC[C@@]1(C(=O)NCC(F)(F)F)CCC(C)(C)CC1C. The number of halogens is 3. The number of ketones is 2. The van der Waals surface area contributed by atoms with Gasteiger partial charge in [-0.3, -0.25) is 9.59 Å². The number of carbonyl (C=O) groups excluding carboxylic acids is 3. The Hall–Kier alpha value is -1.91. The molecule has 7 atom stereocenters. The molecule has 3 aliphatic carbocycles. The summed E-state index contributed by atoms with van der Waals surface area (Å²) in [6.45, 7) is 19.3. The van der Waals surface area contributed by atoms with Crippen LogP contribution in [-0.4, -0.2) is 30.2 Å². The van der Waals surface area contributed by atoms with Crippen LogP contribution in [0.4, 0.5) is 13.2 Å². The lowest BCUT2D eigenvalue weighted by Crippen LogP contribution is -2.62. The van der Waals surface area contributed by atoms with Crippen LogP contribution in [0.25, 0.3) is 0 Å². The number of amides is 1. The minimum atomic E-state index is -4.48. The van der Waals surface area contributed by atoms with Gasteiger partial charge in [-0.2, -0.15) is 18.4 Å². The first-order valence-corrected chi connectivity index (χ1v) is 16.2. The minimum absolute atomic E-state index is 0.0107. The van der Waals surface area contributed by atoms with Gasteiger partial charge in [0.15, 0.2) is 5.78 Å². The van der Waals surface area contributed by atoms with Gasteiger partial charge in [-0.05, 0) is 97.7 Å². The molecule has 244 valence electrons. The van der Waals surface area contributed by atoms with Gasteiger partial charge in [-0.25, -0.2) is 0 Å². The molecule has 0 bridgehead atoms. The molecule has 43 heavy (non-hydrogen) atoms. The quantitative estimate of drug-likeness (QED) is 0.299. The summed E-state index contributed by atoms with van der Waals surface area (Å²) in [6.07, 6.45) is 1.02. The Morgan fingerprint density at radius 2 is 1.63 bits per heavy atom. The highest BCUT2D eigenvalue weighted by atomic mass is 19.4. The van der Waals surface area contributed by atoms with Gasteiger partial charge in [0.25, 0.3) is 0 Å². The maximum absolute atomic E-state index is 13.7. The monoisotopic (exact) mass is 608 g/mol. The zero-order chi connectivity index (χ0) is 33.0. The smallest absolute Gasteiger partial charge is 0.346 e. The van der Waals surface area contributed by atoms with Gasteiger partial charge in [-0.15, -0.1) is 0 Å². The van der Waals surface area contributed by atoms with Crippen LogP contribution in [0.1, 0.15) is 127 Å². The van der Waals surface area contributed by atoms with Gasteiger partial charge in [0.05, 0.1) is 11.5 Å². The number of rotatable bonds is 8. The van der Waals surface area contributed by atoms with Crippen molar-refractivity contribution in [3.05, 3.63) is 0 Å². The van der Waals surface area contributed by atoms with Gasteiger partial charge in [0.1, 0.15) is 18.2 Å². The average Bonchev–Trinajstić information content (AvgIpc) is 2.86. The molecule has 2 unspecified atom stereocenters. The summed E-state index contributed by atoms with van der Waals surface area (Å²) in [7, 11) is 0. The summed E-state index contributed by atoms with van der Waals surface area (Å²) in [5, 5.41) is 12.2. The van der Waals surface area contributed by atoms with Crippen molar-refractivity contribution >= 4 is 17.5 Å². The van der Waals surface area contributed by atoms with Gasteiger partial charge in [-0.1, -0.05) is 62.3 Å². The van der Waals surface area contributed by atoms with Crippen LogP contribution in [0.3, 0.4) is 0 Å². The normalized spacial score (nSPS) is 37.6. The van der Waals surface area contributed by atoms with Crippen molar-refractivity contribution in [3.8, 4) is 6.07 Å². The summed E-state index contributed by atoms with van der Waals surface area (Å²) >= 11 is 0. The number of alkyl halides is 3. The van der Waals surface area contributed by atoms with E-state index in [0.717, 1.165) is 25.7 Å². The zero-order valence-corrected chi connectivity index (χ0v) is 28.2. The largest absolute Gasteiger partial charge is 0.405 e. The molecule has 0 saturated heterocycles. The Morgan fingerprint density at radius 1 is 1.02 bits per heavy atom. The van der Waals surface area contributed by atoms with Crippen LogP contribution >= 0.6 is 0 Å². The highest BCUT2D eigenvalue weighted by Crippen LogP contribution is 2.69. The summed E-state index contributed by atoms with van der Waals surface area (Å²) in [6, 6.07) is 2.27. The molecule has 1 N–H and O–H groups in total. The summed E-state index contributed by atoms with van der Waals surface area (Å²) in [5.41, 5.74) is -2.73. The molecule has 3 fully saturated rings. The van der Waals surface area contributed by atoms with Crippen molar-refractivity contribution in [3.63, 3.8) is 0 Å². The summed E-state index contributed by atoms with van der Waals surface area (Å²) < 4.78 is 39.5. The molecule has 3 saturated carbocycles. The number of nitrogens with zero attached hydrogens (tertiary/aromatic N) is 1. The fourth-order valence-corrected chi connectivity index (χ4v) is 10.1. The van der Waals surface area contributed by atoms with Crippen molar-refractivity contribution in [1.82, 2.24) is 5.32 Å². The first kappa shape index (κ1) is 35.6. The van der Waals surface area contributed by atoms with E-state index >= 15 is 0 Å². The van der Waals surface area contributed by atoms with E-state index in [1.54, 1.807) is 6.92 Å². The zero-order valence-electron chi connectivity index (χ0n) is 28.2. The number of hydrogen-bond acceptors (Lipinski definition) is 4. The summed E-state index contributed by atoms with van der Waals surface area (Å²) in [4.78, 5) is 39.8. The second-order valence-corrected chi connectivity index (χ2v) is 17.1. The third-order valence-corrected chi connectivity index (χ3v) is 13.1. The van der Waals surface area contributed by atoms with E-state index in [0.29, 0.717) is 32.1 Å². The highest BCUT2D eigenvalue weighted by molar-refractivity contribution is 5.90. The van der Waals surface area contributed by atoms with Crippen molar-refractivity contribution in [2.24, 2.45) is 56.2 Å². The number of fused-ring (bicyclic) bond motifs is 1. The number of nitriles is 1. The Kier molecular flexibility index (Phi) is 9.49. The molecule has 8 heteroatoms. The van der Waals surface area contributed by atoms with Crippen LogP contribution in [0.2, 0.25) is 0 Å². The van der Waals surface area contributed by atoms with Crippen molar-refractivity contribution in [2.45, 2.75) is 133 Å². The van der Waals surface area contributed by atoms with Crippen LogP contribution in [-0.2, 0) is 14.4 Å². The highest BCUT2D eigenvalue weighted by Gasteiger charge is 2.65. The van der Waals surface area contributed by atoms with Crippen LogP contribution in [0, 0.1) is 67.5 Å². The Balaban J connectivity index is 2.01. The Morgan fingerprint density at radius 3 is 2.14 bits per heavy atom. The molecule has 3 rings (SSSR count). The number of nitrogens with one attached hydrogen (secondary N) is 1. The molecule has 0 aromatic rings. The van der Waals surface area contributed by atoms with Gasteiger partial charge >= 0.3 is 6.18 Å². The summed E-state index contributed by atoms with van der Waals surface area (Å²) in [5.74, 6) is -1.31. The van der Waals surface area contributed by atoms with Crippen molar-refractivity contribution < 1.29 is 27.6 Å². The van der Waals surface area contributed by atoms with E-state index in [1.165, 1.54) is 0 Å². The predicted octanol–water partition coefficient (Wildman–Crippen LogP) is 8.46. The molecule has 0 aromatic heterocycles. The first-order valence-electron chi connectivity index (χ1n) is 16.2. The number of hydrogen-bond donors (Lipinski definition) is 1. The van der Waals surface area contributed by atoms with Gasteiger partial charge in [0, 0.05) is 11.8 Å². The fourth-order valence-electron chi connectivity index (χ4n) is 10.1. The molecule has 0 aromatic carbocycles. The molecule has 3 aliphatic rings. The maximum Gasteiger partial charge on any atom is 0.405 e. The molecular formula is C35H55F3N2O3. The second kappa shape index (κ2) is 11.5. The lowest BCUT2D eigenvalue weighted by atomic mass is 9.37. The van der Waals surface area contributed by atoms with Crippen LogP contribution < -0.4 is 5.32 Å². The molecule has 0 aliphatic heterocycles. The number of Topliss-reactive ketones (excluding diaryl/α,β-unsaturated/α-hetero) is 2. The third-order valence-electron chi connectivity index (χ3n) is 13.1. The van der Waals surface area contributed by atoms with E-state index in [4.69, 9.17) is 0 Å². The van der Waals surface area contributed by atoms with Crippen LogP contribution in [0.5, 0.6) is 0 Å². The second-order valence-electron chi connectivity index (χ2n) is 17.1. The van der Waals surface area contributed by atoms with E-state index in [-0.39, 0.29) is 45.6 Å². The lowest BCUT2D eigenvalue weighted by Gasteiger charge is -2.66. The standard InChI is InChI=1S/C35H55F3N2O3/c1-22-18-29(3,4)13-15-34(22,28(43)40-21-35(36,37)38)16-14-30(5,6)33(10)12-11-25-31(7,8)27(42)24(20-39)19-32(25,9)26(33)17-23(2)41/h22,24-26H,11-19,21H2,1-10H3,(H,40,43)/t22?,24?,25-,26+,32-,33+,34-/m0/s1. The minimum Gasteiger partial charge on any atom is -0.346 e. The van der Waals surface area contributed by atoms with E-state index in [1.807, 2.05) is 20.8 Å². The lowest BCUT2D eigenvalue weighted by molar-refractivity contribution is -0.185. The maximum atomic E-state index is 13.7. The van der Waals surface area contributed by atoms with Crippen LogP contribution in [0.15, 0.2) is 0 Å². The fraction of sp³-hybridized carbons (Fsp3) is 0.886. The van der Waals surface area contributed by atoms with E-state index < -0.39 is 40.8 Å². The topological polar surface area (TPSA) is 87.0 Å². The average molecular weight is 609 g/mol. The third kappa shape index (κ3) is 6.43. The molecule has 0 radical (unpaired) electrons. The Labute approximate surface area is 257 Å². The molecule has 1 amide bonds. The predicted molar refractivity (Wildman–Crippen MR) is 162 cm³/mol. The number of carbonyl (C=O) groups is 3. The van der Waals surface area contributed by atoms with E-state index in [2.05, 4.69) is 52.9 Å². The van der Waals surface area contributed by atoms with Crippen molar-refractivity contribution in [2.75, 3.05) is 6.54 Å². The van der Waals surface area contributed by atoms with Gasteiger partial charge in [0.2, 0.25) is 5.91 Å². The van der Waals surface area contributed by atoms with Crippen molar-refractivity contribution in [1.29, 1.82) is 5.26 Å².